The van der Waals surface area contributed by atoms with Crippen LogP contribution in [0.4, 0.5) is 0 Å². The molecule has 0 radical (unpaired) electrons. The summed E-state index contributed by atoms with van der Waals surface area (Å²) in [7, 11) is 0. The van der Waals surface area contributed by atoms with E-state index in [9.17, 15) is 0 Å². The SMILES string of the molecule is NN1CCCCC1Sc1ccccc1. The van der Waals surface area contributed by atoms with Gasteiger partial charge in [0.15, 0.2) is 0 Å². The largest absolute Gasteiger partial charge is 0.268 e. The number of nitrogens with two attached hydrogens (primary N) is 1. The second-order valence-corrected chi connectivity index (χ2v) is 4.87. The number of benzene rings is 1. The predicted octanol–water partition coefficient (Wildman–Crippen LogP) is 2.46. The maximum atomic E-state index is 5.94. The third kappa shape index (κ3) is 2.50. The number of hydrazine groups is 1. The van der Waals surface area contributed by atoms with Gasteiger partial charge < -0.3 is 0 Å². The first kappa shape index (κ1) is 10.0. The van der Waals surface area contributed by atoms with Crippen molar-refractivity contribution in [2.75, 3.05) is 6.54 Å². The zero-order chi connectivity index (χ0) is 9.80. The van der Waals surface area contributed by atoms with E-state index in [0.717, 1.165) is 6.54 Å². The second kappa shape index (κ2) is 4.82. The number of rotatable bonds is 2. The van der Waals surface area contributed by atoms with Gasteiger partial charge >= 0.3 is 0 Å². The Morgan fingerprint density at radius 3 is 2.71 bits per heavy atom. The van der Waals surface area contributed by atoms with Crippen LogP contribution in [0.1, 0.15) is 19.3 Å². The zero-order valence-corrected chi connectivity index (χ0v) is 9.04. The van der Waals surface area contributed by atoms with Crippen LogP contribution < -0.4 is 5.84 Å². The highest BCUT2D eigenvalue weighted by molar-refractivity contribution is 7.99. The molecule has 1 unspecified atom stereocenters. The van der Waals surface area contributed by atoms with E-state index >= 15 is 0 Å². The Hall–Kier alpha value is -0.510. The van der Waals surface area contributed by atoms with E-state index in [0.29, 0.717) is 5.37 Å². The van der Waals surface area contributed by atoms with Gasteiger partial charge in [-0.1, -0.05) is 18.2 Å². The van der Waals surface area contributed by atoms with E-state index < -0.39 is 0 Å². The van der Waals surface area contributed by atoms with Gasteiger partial charge in [0, 0.05) is 11.4 Å². The normalized spacial score (nSPS) is 23.6. The Balaban J connectivity index is 1.96. The summed E-state index contributed by atoms with van der Waals surface area (Å²) in [6.07, 6.45) is 3.75. The zero-order valence-electron chi connectivity index (χ0n) is 8.23. The minimum absolute atomic E-state index is 0.464. The lowest BCUT2D eigenvalue weighted by Gasteiger charge is -2.31. The summed E-state index contributed by atoms with van der Waals surface area (Å²) in [6.45, 7) is 1.03. The average Bonchev–Trinajstić information content (AvgIpc) is 2.23. The summed E-state index contributed by atoms with van der Waals surface area (Å²) in [5, 5.41) is 2.44. The molecule has 1 aromatic carbocycles. The molecular formula is C11H16N2S. The Morgan fingerprint density at radius 2 is 2.00 bits per heavy atom. The van der Waals surface area contributed by atoms with E-state index in [1.807, 2.05) is 22.8 Å². The van der Waals surface area contributed by atoms with Crippen molar-refractivity contribution in [3.8, 4) is 0 Å². The first-order valence-electron chi connectivity index (χ1n) is 5.09. The van der Waals surface area contributed by atoms with Crippen LogP contribution in [0.15, 0.2) is 35.2 Å². The Kier molecular flexibility index (Phi) is 3.45. The van der Waals surface area contributed by atoms with Crippen molar-refractivity contribution in [3.63, 3.8) is 0 Å². The van der Waals surface area contributed by atoms with Gasteiger partial charge in [-0.3, -0.25) is 5.84 Å². The van der Waals surface area contributed by atoms with E-state index in [1.54, 1.807) is 0 Å². The molecule has 76 valence electrons. The average molecular weight is 208 g/mol. The Bertz CT molecular complexity index is 276. The number of piperidine rings is 1. The first-order chi connectivity index (χ1) is 6.86. The molecule has 1 aromatic rings. The molecule has 0 spiro atoms. The van der Waals surface area contributed by atoms with Gasteiger partial charge in [-0.2, -0.15) is 0 Å². The van der Waals surface area contributed by atoms with Gasteiger partial charge in [-0.05, 0) is 31.4 Å². The lowest BCUT2D eigenvalue weighted by molar-refractivity contribution is 0.211. The van der Waals surface area contributed by atoms with E-state index in [2.05, 4.69) is 24.3 Å². The van der Waals surface area contributed by atoms with Gasteiger partial charge in [0.25, 0.3) is 0 Å². The maximum absolute atomic E-state index is 5.94. The van der Waals surface area contributed by atoms with Gasteiger partial charge in [0.05, 0.1) is 5.37 Å². The van der Waals surface area contributed by atoms with E-state index in [4.69, 9.17) is 5.84 Å². The molecule has 1 saturated heterocycles. The minimum atomic E-state index is 0.464. The molecule has 1 heterocycles. The van der Waals surface area contributed by atoms with Gasteiger partial charge in [-0.25, -0.2) is 5.01 Å². The standard InChI is InChI=1S/C11H16N2S/c12-13-9-5-4-8-11(13)14-10-6-2-1-3-7-10/h1-3,6-7,11H,4-5,8-9,12H2. The van der Waals surface area contributed by atoms with Crippen LogP contribution >= 0.6 is 11.8 Å². The van der Waals surface area contributed by atoms with Crippen molar-refractivity contribution in [1.29, 1.82) is 0 Å². The van der Waals surface area contributed by atoms with Gasteiger partial charge in [0.1, 0.15) is 0 Å². The second-order valence-electron chi connectivity index (χ2n) is 3.62. The highest BCUT2D eigenvalue weighted by Gasteiger charge is 2.19. The van der Waals surface area contributed by atoms with Crippen molar-refractivity contribution in [1.82, 2.24) is 5.01 Å². The fourth-order valence-electron chi connectivity index (χ4n) is 1.71. The Morgan fingerprint density at radius 1 is 1.21 bits per heavy atom. The summed E-state index contributed by atoms with van der Waals surface area (Å²) in [6, 6.07) is 10.5. The fraction of sp³-hybridized carbons (Fsp3) is 0.455. The molecule has 0 amide bonds. The van der Waals surface area contributed by atoms with Crippen LogP contribution in [0.5, 0.6) is 0 Å². The molecule has 0 aliphatic carbocycles. The van der Waals surface area contributed by atoms with Crippen LogP contribution in [0.25, 0.3) is 0 Å². The molecule has 1 aliphatic rings. The van der Waals surface area contributed by atoms with Crippen molar-refractivity contribution >= 4 is 11.8 Å². The highest BCUT2D eigenvalue weighted by Crippen LogP contribution is 2.29. The van der Waals surface area contributed by atoms with Gasteiger partial charge in [-0.15, -0.1) is 11.8 Å². The summed E-state index contributed by atoms with van der Waals surface area (Å²) >= 11 is 1.87. The quantitative estimate of drug-likeness (QED) is 0.757. The topological polar surface area (TPSA) is 29.3 Å². The first-order valence-corrected chi connectivity index (χ1v) is 5.97. The molecule has 0 saturated carbocycles. The number of hydrogen-bond acceptors (Lipinski definition) is 3. The molecular weight excluding hydrogens is 192 g/mol. The summed E-state index contributed by atoms with van der Waals surface area (Å²) in [5.74, 6) is 5.94. The molecule has 2 rings (SSSR count). The lowest BCUT2D eigenvalue weighted by atomic mass is 10.2. The van der Waals surface area contributed by atoms with Gasteiger partial charge in [0.2, 0.25) is 0 Å². The third-order valence-electron chi connectivity index (χ3n) is 2.50. The van der Waals surface area contributed by atoms with Crippen LogP contribution in [0, 0.1) is 0 Å². The van der Waals surface area contributed by atoms with Crippen molar-refractivity contribution < 1.29 is 0 Å². The highest BCUT2D eigenvalue weighted by atomic mass is 32.2. The minimum Gasteiger partial charge on any atom is -0.268 e. The summed E-state index contributed by atoms with van der Waals surface area (Å²) < 4.78 is 0. The predicted molar refractivity (Wildman–Crippen MR) is 60.8 cm³/mol. The molecule has 1 aliphatic heterocycles. The van der Waals surface area contributed by atoms with Crippen LogP contribution in [0.2, 0.25) is 0 Å². The molecule has 1 fully saturated rings. The molecule has 3 heteroatoms. The molecule has 14 heavy (non-hydrogen) atoms. The number of hydrogen-bond donors (Lipinski definition) is 1. The molecule has 2 nitrogen and oxygen atoms in total. The summed E-state index contributed by atoms with van der Waals surface area (Å²) in [5.41, 5.74) is 0. The third-order valence-corrected chi connectivity index (χ3v) is 3.83. The van der Waals surface area contributed by atoms with E-state index in [1.165, 1.54) is 24.2 Å². The smallest absolute Gasteiger partial charge is 0.0740 e. The van der Waals surface area contributed by atoms with Crippen LogP contribution in [0.3, 0.4) is 0 Å². The van der Waals surface area contributed by atoms with Crippen molar-refractivity contribution in [3.05, 3.63) is 30.3 Å². The summed E-state index contributed by atoms with van der Waals surface area (Å²) in [4.78, 5) is 1.31. The monoisotopic (exact) mass is 208 g/mol. The molecule has 2 N–H and O–H groups in total. The van der Waals surface area contributed by atoms with E-state index in [-0.39, 0.29) is 0 Å². The molecule has 1 atom stereocenters. The lowest BCUT2D eigenvalue weighted by Crippen LogP contribution is -2.42. The van der Waals surface area contributed by atoms with Crippen LogP contribution in [-0.4, -0.2) is 16.9 Å². The fourth-order valence-corrected chi connectivity index (χ4v) is 2.86. The van der Waals surface area contributed by atoms with Crippen molar-refractivity contribution in [2.24, 2.45) is 5.84 Å². The molecule has 0 aromatic heterocycles. The Labute approximate surface area is 89.4 Å². The van der Waals surface area contributed by atoms with Crippen LogP contribution in [-0.2, 0) is 0 Å². The van der Waals surface area contributed by atoms with Crippen molar-refractivity contribution in [2.45, 2.75) is 29.5 Å². The number of nitrogens with zero attached hydrogens (tertiary/aromatic N) is 1. The number of thioether (sulfide) groups is 1. The molecule has 0 bridgehead atoms. The maximum Gasteiger partial charge on any atom is 0.0740 e.